The number of aryl methyl sites for hydroxylation is 2. The number of hydrazone groups is 1. The number of nitrogens with one attached hydrogen (secondary N) is 1. The molecule has 0 saturated heterocycles. The summed E-state index contributed by atoms with van der Waals surface area (Å²) in [5.41, 5.74) is 5.39. The van der Waals surface area contributed by atoms with Crippen LogP contribution in [0.25, 0.3) is 0 Å². The van der Waals surface area contributed by atoms with Gasteiger partial charge in [-0.15, -0.1) is 11.8 Å². The van der Waals surface area contributed by atoms with Crippen molar-refractivity contribution < 1.29 is 13.2 Å². The van der Waals surface area contributed by atoms with Gasteiger partial charge in [0.05, 0.1) is 16.8 Å². The Hall–Kier alpha value is -3.10. The summed E-state index contributed by atoms with van der Waals surface area (Å²) in [4.78, 5) is 13.9. The molecule has 1 N–H and O–H groups in total. The van der Waals surface area contributed by atoms with Crippen LogP contribution in [0.5, 0.6) is 0 Å². The summed E-state index contributed by atoms with van der Waals surface area (Å²) in [7, 11) is -3.96. The first-order chi connectivity index (χ1) is 15.3. The number of sulfonamides is 1. The van der Waals surface area contributed by atoms with Crippen LogP contribution >= 0.6 is 11.8 Å². The van der Waals surface area contributed by atoms with Crippen LogP contribution < -0.4 is 9.73 Å². The Morgan fingerprint density at radius 1 is 1.00 bits per heavy atom. The van der Waals surface area contributed by atoms with E-state index in [0.29, 0.717) is 5.69 Å². The maximum Gasteiger partial charge on any atom is 0.264 e. The third-order valence-electron chi connectivity index (χ3n) is 4.80. The standard InChI is InChI=1S/C24H25N3O3S2/c1-18-8-14-22(15-9-18)32(29,30)27(23-7-5-4-6-19(23)2)17-24(28)26-25-16-20-10-12-21(31-3)13-11-20/h4-16H,17H2,1-3H3,(H,26,28)/b25-16+. The highest BCUT2D eigenvalue weighted by atomic mass is 32.2. The number of thioether (sulfide) groups is 1. The molecule has 0 aliphatic rings. The summed E-state index contributed by atoms with van der Waals surface area (Å²) in [6, 6.07) is 21.3. The Balaban J connectivity index is 1.82. The van der Waals surface area contributed by atoms with Gasteiger partial charge in [-0.3, -0.25) is 9.10 Å². The van der Waals surface area contributed by atoms with Gasteiger partial charge >= 0.3 is 0 Å². The fraction of sp³-hybridized carbons (Fsp3) is 0.167. The van der Waals surface area contributed by atoms with E-state index in [4.69, 9.17) is 0 Å². The van der Waals surface area contributed by atoms with Crippen molar-refractivity contribution in [3.63, 3.8) is 0 Å². The number of amides is 1. The molecule has 0 unspecified atom stereocenters. The highest BCUT2D eigenvalue weighted by molar-refractivity contribution is 7.98. The van der Waals surface area contributed by atoms with E-state index in [1.165, 1.54) is 6.21 Å². The van der Waals surface area contributed by atoms with Gasteiger partial charge in [0.15, 0.2) is 0 Å². The van der Waals surface area contributed by atoms with Crippen molar-refractivity contribution in [1.82, 2.24) is 5.43 Å². The molecule has 8 heteroatoms. The number of hydrogen-bond acceptors (Lipinski definition) is 5. The minimum atomic E-state index is -3.96. The lowest BCUT2D eigenvalue weighted by Crippen LogP contribution is -2.40. The van der Waals surface area contributed by atoms with Gasteiger partial charge in [0.25, 0.3) is 15.9 Å². The molecule has 0 atom stereocenters. The molecule has 0 saturated carbocycles. The first-order valence-electron chi connectivity index (χ1n) is 9.92. The van der Waals surface area contributed by atoms with Gasteiger partial charge in [-0.25, -0.2) is 13.8 Å². The number of nitrogens with zero attached hydrogens (tertiary/aromatic N) is 2. The number of carbonyl (C=O) groups excluding carboxylic acids is 1. The van der Waals surface area contributed by atoms with Gasteiger partial charge in [-0.1, -0.05) is 48.0 Å². The van der Waals surface area contributed by atoms with Crippen molar-refractivity contribution in [3.05, 3.63) is 89.5 Å². The summed E-state index contributed by atoms with van der Waals surface area (Å²) in [6.45, 7) is 3.29. The Labute approximate surface area is 193 Å². The van der Waals surface area contributed by atoms with E-state index in [-0.39, 0.29) is 4.90 Å². The number of hydrogen-bond donors (Lipinski definition) is 1. The third kappa shape index (κ3) is 5.77. The quantitative estimate of drug-likeness (QED) is 0.303. The van der Waals surface area contributed by atoms with Crippen LogP contribution in [-0.2, 0) is 14.8 Å². The van der Waals surface area contributed by atoms with Crippen LogP contribution in [0.3, 0.4) is 0 Å². The topological polar surface area (TPSA) is 78.8 Å². The van der Waals surface area contributed by atoms with Gasteiger partial charge in [0, 0.05) is 4.90 Å². The molecule has 0 aliphatic heterocycles. The first kappa shape index (κ1) is 23.6. The zero-order valence-corrected chi connectivity index (χ0v) is 19.8. The summed E-state index contributed by atoms with van der Waals surface area (Å²) in [5, 5.41) is 3.98. The van der Waals surface area contributed by atoms with Crippen LogP contribution in [0.4, 0.5) is 5.69 Å². The SMILES string of the molecule is CSc1ccc(/C=N/NC(=O)CN(c2ccccc2C)S(=O)(=O)c2ccc(C)cc2)cc1. The van der Waals surface area contributed by atoms with Crippen molar-refractivity contribution >= 4 is 39.6 Å². The van der Waals surface area contributed by atoms with E-state index in [1.54, 1.807) is 61.2 Å². The second kappa shape index (κ2) is 10.5. The van der Waals surface area contributed by atoms with Crippen molar-refractivity contribution in [1.29, 1.82) is 0 Å². The molecule has 0 aliphatic carbocycles. The molecule has 166 valence electrons. The molecule has 0 bridgehead atoms. The Kier molecular flexibility index (Phi) is 7.71. The minimum absolute atomic E-state index is 0.122. The highest BCUT2D eigenvalue weighted by Crippen LogP contribution is 2.26. The van der Waals surface area contributed by atoms with Crippen LogP contribution in [0.1, 0.15) is 16.7 Å². The molecule has 3 aromatic carbocycles. The maximum absolute atomic E-state index is 13.4. The smallest absolute Gasteiger partial charge is 0.264 e. The molecule has 0 radical (unpaired) electrons. The molecule has 3 rings (SSSR count). The van der Waals surface area contributed by atoms with E-state index in [9.17, 15) is 13.2 Å². The van der Waals surface area contributed by atoms with Crippen molar-refractivity contribution in [2.75, 3.05) is 17.1 Å². The fourth-order valence-corrected chi connectivity index (χ4v) is 4.91. The van der Waals surface area contributed by atoms with E-state index in [0.717, 1.165) is 25.9 Å². The Bertz CT molecular complexity index is 1210. The summed E-state index contributed by atoms with van der Waals surface area (Å²) < 4.78 is 27.9. The molecule has 1 amide bonds. The van der Waals surface area contributed by atoms with Crippen LogP contribution in [-0.4, -0.2) is 33.3 Å². The number of anilines is 1. The van der Waals surface area contributed by atoms with Gasteiger partial charge in [-0.2, -0.15) is 5.10 Å². The molecule has 32 heavy (non-hydrogen) atoms. The van der Waals surface area contributed by atoms with Gasteiger partial charge < -0.3 is 0 Å². The van der Waals surface area contributed by atoms with Crippen molar-refractivity contribution in [3.8, 4) is 0 Å². The average Bonchev–Trinajstić information content (AvgIpc) is 2.79. The predicted molar refractivity (Wildman–Crippen MR) is 131 cm³/mol. The predicted octanol–water partition coefficient (Wildman–Crippen LogP) is 4.37. The number of benzene rings is 3. The van der Waals surface area contributed by atoms with E-state index in [1.807, 2.05) is 43.5 Å². The first-order valence-corrected chi connectivity index (χ1v) is 12.6. The minimum Gasteiger partial charge on any atom is -0.271 e. The molecule has 0 heterocycles. The number of carbonyl (C=O) groups is 1. The van der Waals surface area contributed by atoms with Crippen LogP contribution in [0, 0.1) is 13.8 Å². The lowest BCUT2D eigenvalue weighted by Gasteiger charge is -2.25. The summed E-state index contributed by atoms with van der Waals surface area (Å²) in [5.74, 6) is -0.541. The molecular weight excluding hydrogens is 442 g/mol. The number of para-hydroxylation sites is 1. The lowest BCUT2D eigenvalue weighted by molar-refractivity contribution is -0.119. The zero-order chi connectivity index (χ0) is 23.1. The Morgan fingerprint density at radius 3 is 2.28 bits per heavy atom. The molecule has 0 aromatic heterocycles. The van der Waals surface area contributed by atoms with Crippen molar-refractivity contribution in [2.24, 2.45) is 5.10 Å². The maximum atomic E-state index is 13.4. The van der Waals surface area contributed by atoms with Crippen LogP contribution in [0.2, 0.25) is 0 Å². The van der Waals surface area contributed by atoms with Gasteiger partial charge in [0.1, 0.15) is 6.54 Å². The lowest BCUT2D eigenvalue weighted by atomic mass is 10.2. The van der Waals surface area contributed by atoms with Crippen molar-refractivity contribution in [2.45, 2.75) is 23.6 Å². The number of rotatable bonds is 8. The zero-order valence-electron chi connectivity index (χ0n) is 18.1. The molecule has 3 aromatic rings. The van der Waals surface area contributed by atoms with E-state index < -0.39 is 22.5 Å². The monoisotopic (exact) mass is 467 g/mol. The third-order valence-corrected chi connectivity index (χ3v) is 7.32. The molecule has 6 nitrogen and oxygen atoms in total. The molecular formula is C24H25N3O3S2. The summed E-state index contributed by atoms with van der Waals surface area (Å²) >= 11 is 1.64. The second-order valence-corrected chi connectivity index (χ2v) is 9.92. The second-order valence-electron chi connectivity index (χ2n) is 7.18. The van der Waals surface area contributed by atoms with Gasteiger partial charge in [0.2, 0.25) is 0 Å². The largest absolute Gasteiger partial charge is 0.271 e. The van der Waals surface area contributed by atoms with Crippen LogP contribution in [0.15, 0.2) is 87.7 Å². The van der Waals surface area contributed by atoms with E-state index in [2.05, 4.69) is 10.5 Å². The molecule has 0 spiro atoms. The highest BCUT2D eigenvalue weighted by Gasteiger charge is 2.28. The fourth-order valence-electron chi connectivity index (χ4n) is 3.01. The molecule has 0 fully saturated rings. The van der Waals surface area contributed by atoms with E-state index >= 15 is 0 Å². The average molecular weight is 468 g/mol. The van der Waals surface area contributed by atoms with Gasteiger partial charge in [-0.05, 0) is 61.6 Å². The normalized spacial score (nSPS) is 11.5. The Morgan fingerprint density at radius 2 is 1.66 bits per heavy atom. The summed E-state index contributed by atoms with van der Waals surface area (Å²) in [6.07, 6.45) is 3.52.